The first-order chi connectivity index (χ1) is 20.1. The van der Waals surface area contributed by atoms with Crippen LogP contribution in [0.4, 0.5) is 11.4 Å². The molecule has 2 fully saturated rings. The quantitative estimate of drug-likeness (QED) is 0.281. The highest BCUT2D eigenvalue weighted by Crippen LogP contribution is 2.60. The molecule has 0 aliphatic carbocycles. The summed E-state index contributed by atoms with van der Waals surface area (Å²) in [6.45, 7) is 7.79. The topological polar surface area (TPSA) is 79.3 Å². The summed E-state index contributed by atoms with van der Waals surface area (Å²) >= 11 is 6.56. The van der Waals surface area contributed by atoms with Gasteiger partial charge in [0.05, 0.1) is 33.5 Å². The van der Waals surface area contributed by atoms with Crippen LogP contribution in [0.3, 0.4) is 0 Å². The van der Waals surface area contributed by atoms with Crippen LogP contribution in [0, 0.1) is 5.92 Å². The number of nitrogens with zero attached hydrogens (tertiary/aromatic N) is 2. The highest BCUT2D eigenvalue weighted by molar-refractivity contribution is 6.91. The van der Waals surface area contributed by atoms with Crippen LogP contribution >= 0.6 is 11.6 Å². The van der Waals surface area contributed by atoms with Crippen molar-refractivity contribution in [3.05, 3.63) is 82.9 Å². The van der Waals surface area contributed by atoms with Gasteiger partial charge < -0.3 is 24.4 Å². The lowest BCUT2D eigenvalue weighted by atomic mass is 9.82. The number of benzene rings is 3. The molecule has 3 aliphatic heterocycles. The van der Waals surface area contributed by atoms with E-state index in [1.165, 1.54) is 5.19 Å². The third-order valence-corrected chi connectivity index (χ3v) is 14.2. The summed E-state index contributed by atoms with van der Waals surface area (Å²) in [6, 6.07) is 21.7. The zero-order chi connectivity index (χ0) is 29.8. The fourth-order valence-electron chi connectivity index (χ4n) is 7.43. The first-order valence-electron chi connectivity index (χ1n) is 14.6. The molecule has 0 bridgehead atoms. The van der Waals surface area contributed by atoms with Crippen LogP contribution in [-0.2, 0) is 26.5 Å². The Hall–Kier alpha value is -3.17. The number of fused-ring (bicyclic) bond motifs is 2. The van der Waals surface area contributed by atoms with Gasteiger partial charge in [0.25, 0.3) is 5.91 Å². The second-order valence-electron chi connectivity index (χ2n) is 12.2. The summed E-state index contributed by atoms with van der Waals surface area (Å²) in [6.07, 6.45) is 0.705. The number of rotatable bonds is 8. The second kappa shape index (κ2) is 10.8. The Morgan fingerprint density at radius 2 is 1.86 bits per heavy atom. The van der Waals surface area contributed by atoms with Crippen molar-refractivity contribution >= 4 is 48.1 Å². The summed E-state index contributed by atoms with van der Waals surface area (Å²) in [5, 5.41) is 11.9. The Labute approximate surface area is 253 Å². The highest BCUT2D eigenvalue weighted by Gasteiger charge is 2.66. The van der Waals surface area contributed by atoms with E-state index in [-0.39, 0.29) is 36.0 Å². The van der Waals surface area contributed by atoms with Crippen molar-refractivity contribution in [1.29, 1.82) is 0 Å². The van der Waals surface area contributed by atoms with Gasteiger partial charge in [-0.25, -0.2) is 0 Å². The van der Waals surface area contributed by atoms with Gasteiger partial charge in [-0.1, -0.05) is 61.1 Å². The highest BCUT2D eigenvalue weighted by atomic mass is 35.5. The predicted molar refractivity (Wildman–Crippen MR) is 167 cm³/mol. The van der Waals surface area contributed by atoms with E-state index in [9.17, 15) is 14.7 Å². The van der Waals surface area contributed by atoms with Crippen molar-refractivity contribution in [2.24, 2.45) is 5.92 Å². The molecule has 42 heavy (non-hydrogen) atoms. The van der Waals surface area contributed by atoms with Crippen molar-refractivity contribution < 1.29 is 24.2 Å². The average Bonchev–Trinajstić information content (AvgIpc) is 3.39. The molecule has 2 saturated heterocycles. The number of aliphatic hydroxyl groups is 1. The lowest BCUT2D eigenvalue weighted by Gasteiger charge is -2.37. The van der Waals surface area contributed by atoms with Gasteiger partial charge in [0.2, 0.25) is 5.91 Å². The number of carbonyl (C=O) groups is 2. The molecule has 1 N–H and O–H groups in total. The number of anilines is 2. The van der Waals surface area contributed by atoms with E-state index in [1.807, 2.05) is 54.6 Å². The molecule has 2 amide bonds. The minimum atomic E-state index is -2.26. The van der Waals surface area contributed by atoms with E-state index in [4.69, 9.17) is 21.1 Å². The van der Waals surface area contributed by atoms with E-state index >= 15 is 0 Å². The molecular formula is C33H37ClN2O5Si. The number of halogens is 1. The number of β-lactam (4-membered cyclic amide) rings is 1. The van der Waals surface area contributed by atoms with Gasteiger partial charge in [0.15, 0.2) is 5.60 Å². The molecule has 9 heteroatoms. The molecular weight excluding hydrogens is 568 g/mol. The molecule has 3 aliphatic rings. The first-order valence-corrected chi connectivity index (χ1v) is 18.0. The van der Waals surface area contributed by atoms with Crippen molar-refractivity contribution in [1.82, 2.24) is 0 Å². The SMILES string of the molecule is COc1ccc([Si](C)(C)[C@@H]2[C@@H](CCO)O[C@]3(C(=O)N(Cc4cccc(N5CCC5=O)c4)c4ccc(Cl)cc43)[C@H]2C)cc1. The summed E-state index contributed by atoms with van der Waals surface area (Å²) in [4.78, 5) is 30.4. The van der Waals surface area contributed by atoms with Crippen molar-refractivity contribution in [3.63, 3.8) is 0 Å². The van der Waals surface area contributed by atoms with Gasteiger partial charge in [-0.3, -0.25) is 9.59 Å². The van der Waals surface area contributed by atoms with Crippen LogP contribution in [-0.4, -0.2) is 51.4 Å². The van der Waals surface area contributed by atoms with Crippen molar-refractivity contribution in [3.8, 4) is 5.75 Å². The van der Waals surface area contributed by atoms with Crippen molar-refractivity contribution in [2.45, 2.75) is 56.7 Å². The Balaban J connectivity index is 1.40. The molecule has 4 atom stereocenters. The zero-order valence-corrected chi connectivity index (χ0v) is 26.2. The number of amides is 2. The molecule has 3 aromatic carbocycles. The molecule has 7 nitrogen and oxygen atoms in total. The maximum Gasteiger partial charge on any atom is 0.264 e. The molecule has 0 saturated carbocycles. The van der Waals surface area contributed by atoms with Gasteiger partial charge in [0.1, 0.15) is 5.75 Å². The molecule has 1 spiro atoms. The van der Waals surface area contributed by atoms with Crippen LogP contribution < -0.4 is 19.7 Å². The molecule has 3 aromatic rings. The van der Waals surface area contributed by atoms with Gasteiger partial charge >= 0.3 is 0 Å². The van der Waals surface area contributed by atoms with E-state index in [1.54, 1.807) is 16.9 Å². The number of aliphatic hydroxyl groups excluding tert-OH is 1. The fraction of sp³-hybridized carbons (Fsp3) is 0.394. The molecule has 0 aromatic heterocycles. The number of hydrogen-bond acceptors (Lipinski definition) is 5. The van der Waals surface area contributed by atoms with Crippen LogP contribution in [0.15, 0.2) is 66.7 Å². The Bertz CT molecular complexity index is 1530. The van der Waals surface area contributed by atoms with E-state index < -0.39 is 13.7 Å². The summed E-state index contributed by atoms with van der Waals surface area (Å²) < 4.78 is 12.3. The van der Waals surface area contributed by atoms with Gasteiger partial charge in [0, 0.05) is 41.8 Å². The molecule has 6 rings (SSSR count). The molecule has 0 unspecified atom stereocenters. The molecule has 220 valence electrons. The summed E-state index contributed by atoms with van der Waals surface area (Å²) in [5.41, 5.74) is 2.19. The van der Waals surface area contributed by atoms with Crippen molar-refractivity contribution in [2.75, 3.05) is 30.1 Å². The monoisotopic (exact) mass is 604 g/mol. The second-order valence-corrected chi connectivity index (χ2v) is 17.3. The number of ether oxygens (including phenoxy) is 2. The van der Waals surface area contributed by atoms with E-state index in [0.717, 1.165) is 28.3 Å². The van der Waals surface area contributed by atoms with E-state index in [0.29, 0.717) is 31.0 Å². The maximum atomic E-state index is 14.7. The third kappa shape index (κ3) is 4.47. The summed E-state index contributed by atoms with van der Waals surface area (Å²) in [7, 11) is -0.598. The third-order valence-electron chi connectivity index (χ3n) is 9.62. The maximum absolute atomic E-state index is 14.7. The number of methoxy groups -OCH3 is 1. The number of carbonyl (C=O) groups excluding carboxylic acids is 2. The van der Waals surface area contributed by atoms with Crippen LogP contribution in [0.1, 0.15) is 30.9 Å². The fourth-order valence-corrected chi connectivity index (χ4v) is 11.7. The molecule has 3 heterocycles. The van der Waals surface area contributed by atoms with Gasteiger partial charge in [-0.05, 0) is 60.0 Å². The Morgan fingerprint density at radius 3 is 2.50 bits per heavy atom. The smallest absolute Gasteiger partial charge is 0.264 e. The van der Waals surface area contributed by atoms with Gasteiger partial charge in [-0.15, -0.1) is 0 Å². The number of hydrogen-bond donors (Lipinski definition) is 1. The van der Waals surface area contributed by atoms with E-state index in [2.05, 4.69) is 32.2 Å². The Morgan fingerprint density at radius 1 is 1.10 bits per heavy atom. The zero-order valence-electron chi connectivity index (χ0n) is 24.5. The largest absolute Gasteiger partial charge is 0.497 e. The lowest BCUT2D eigenvalue weighted by molar-refractivity contribution is -0.146. The minimum Gasteiger partial charge on any atom is -0.497 e. The average molecular weight is 605 g/mol. The predicted octanol–water partition coefficient (Wildman–Crippen LogP) is 5.23. The lowest BCUT2D eigenvalue weighted by Crippen LogP contribution is -2.51. The normalized spacial score (nSPS) is 25.2. The summed E-state index contributed by atoms with van der Waals surface area (Å²) in [5.74, 6) is 0.636. The minimum absolute atomic E-state index is 0.0284. The van der Waals surface area contributed by atoms with Gasteiger partial charge in [-0.2, -0.15) is 0 Å². The van der Waals surface area contributed by atoms with Crippen LogP contribution in [0.5, 0.6) is 5.75 Å². The standard InChI is InChI=1S/C33H37ClN2O5Si/c1-21-31(42(3,4)26-11-9-25(40-2)10-12-26)29(15-17-37)41-33(21)27-19-23(34)8-13-28(27)36(32(33)39)20-22-6-5-7-24(18-22)35-16-14-30(35)38/h5-13,18-19,21,29,31,37H,14-17,20H2,1-4H3/t21-,29+,31-,33+/m0/s1. The molecule has 0 radical (unpaired) electrons. The Kier molecular flexibility index (Phi) is 7.46. The van der Waals surface area contributed by atoms with Crippen LogP contribution in [0.2, 0.25) is 23.7 Å². The van der Waals surface area contributed by atoms with Crippen LogP contribution in [0.25, 0.3) is 0 Å². The first kappa shape index (κ1) is 28.9.